The van der Waals surface area contributed by atoms with E-state index in [9.17, 15) is 4.79 Å². The van der Waals surface area contributed by atoms with Crippen LogP contribution in [-0.2, 0) is 4.79 Å². The molecule has 0 bridgehead atoms. The van der Waals surface area contributed by atoms with E-state index in [-0.39, 0.29) is 37.5 Å². The first-order valence-electron chi connectivity index (χ1n) is 7.43. The molecular formula is C17H8BrCl5N2O2S. The Morgan fingerprint density at radius 2 is 1.57 bits per heavy atom. The van der Waals surface area contributed by atoms with Gasteiger partial charge in [0, 0.05) is 15.4 Å². The Labute approximate surface area is 197 Å². The van der Waals surface area contributed by atoms with Gasteiger partial charge in [-0.15, -0.1) is 11.3 Å². The summed E-state index contributed by atoms with van der Waals surface area (Å²) in [5, 5.41) is 4.86. The molecule has 3 aromatic rings. The van der Waals surface area contributed by atoms with Crippen molar-refractivity contribution in [3.63, 3.8) is 0 Å². The maximum absolute atomic E-state index is 12.2. The van der Waals surface area contributed by atoms with E-state index in [1.165, 1.54) is 11.3 Å². The third-order valence-electron chi connectivity index (χ3n) is 3.41. The van der Waals surface area contributed by atoms with Crippen molar-refractivity contribution in [2.45, 2.75) is 0 Å². The number of amides is 1. The molecule has 0 aliphatic carbocycles. The second-order valence-electron chi connectivity index (χ2n) is 5.28. The SMILES string of the molecule is O=C(COc1c(Cl)c(Cl)c(Cl)c(Cl)c1Cl)Nc1nc(-c2ccc(Br)cc2)cs1. The van der Waals surface area contributed by atoms with Gasteiger partial charge in [-0.3, -0.25) is 10.1 Å². The fourth-order valence-corrected chi connectivity index (χ4v) is 4.32. The molecule has 28 heavy (non-hydrogen) atoms. The van der Waals surface area contributed by atoms with E-state index in [1.807, 2.05) is 29.6 Å². The fraction of sp³-hybridized carbons (Fsp3) is 0.0588. The lowest BCUT2D eigenvalue weighted by Crippen LogP contribution is -2.20. The Hall–Kier alpha value is -0.730. The van der Waals surface area contributed by atoms with Crippen molar-refractivity contribution in [1.29, 1.82) is 0 Å². The molecule has 1 amide bonds. The summed E-state index contributed by atoms with van der Waals surface area (Å²) in [6.07, 6.45) is 0. The average Bonchev–Trinajstić information content (AvgIpc) is 3.13. The summed E-state index contributed by atoms with van der Waals surface area (Å²) in [6.45, 7) is -0.374. The number of anilines is 1. The topological polar surface area (TPSA) is 51.2 Å². The monoisotopic (exact) mass is 558 g/mol. The maximum atomic E-state index is 12.2. The van der Waals surface area contributed by atoms with Crippen molar-refractivity contribution in [1.82, 2.24) is 4.98 Å². The quantitative estimate of drug-likeness (QED) is 0.255. The van der Waals surface area contributed by atoms with Crippen molar-refractivity contribution in [3.05, 3.63) is 59.2 Å². The highest BCUT2D eigenvalue weighted by Gasteiger charge is 2.21. The zero-order chi connectivity index (χ0) is 20.4. The first kappa shape index (κ1) is 22.0. The lowest BCUT2D eigenvalue weighted by atomic mass is 10.2. The van der Waals surface area contributed by atoms with Crippen LogP contribution in [0.1, 0.15) is 0 Å². The zero-order valence-corrected chi connectivity index (χ0v) is 19.7. The maximum Gasteiger partial charge on any atom is 0.264 e. The summed E-state index contributed by atoms with van der Waals surface area (Å²) < 4.78 is 6.36. The number of hydrogen-bond donors (Lipinski definition) is 1. The molecule has 0 aliphatic heterocycles. The van der Waals surface area contributed by atoms with Gasteiger partial charge in [-0.05, 0) is 12.1 Å². The number of nitrogens with one attached hydrogen (secondary N) is 1. The van der Waals surface area contributed by atoms with Crippen molar-refractivity contribution in [3.8, 4) is 17.0 Å². The predicted molar refractivity (Wildman–Crippen MR) is 121 cm³/mol. The molecule has 0 spiro atoms. The van der Waals surface area contributed by atoms with Crippen LogP contribution >= 0.6 is 85.3 Å². The summed E-state index contributed by atoms with van der Waals surface area (Å²) in [5.41, 5.74) is 1.68. The van der Waals surface area contributed by atoms with Crippen LogP contribution in [0.15, 0.2) is 34.1 Å². The van der Waals surface area contributed by atoms with Crippen molar-refractivity contribution in [2.75, 3.05) is 11.9 Å². The van der Waals surface area contributed by atoms with Gasteiger partial charge >= 0.3 is 0 Å². The normalized spacial score (nSPS) is 10.8. The molecule has 0 radical (unpaired) electrons. The fourth-order valence-electron chi connectivity index (χ4n) is 2.09. The molecule has 0 aliphatic rings. The Morgan fingerprint density at radius 3 is 2.18 bits per heavy atom. The standard InChI is InChI=1S/C17H8BrCl5N2O2S/c18-8-3-1-7(2-4-8)9-6-28-17(24-9)25-10(26)5-27-16-14(22)12(20)11(19)13(21)15(16)23/h1-4,6H,5H2,(H,24,25,26). The summed E-state index contributed by atoms with van der Waals surface area (Å²) in [4.78, 5) is 16.6. The highest BCUT2D eigenvalue weighted by Crippen LogP contribution is 2.48. The van der Waals surface area contributed by atoms with E-state index in [1.54, 1.807) is 0 Å². The van der Waals surface area contributed by atoms with Gasteiger partial charge in [-0.2, -0.15) is 0 Å². The number of aromatic nitrogens is 1. The number of carbonyl (C=O) groups excluding carboxylic acids is 1. The second-order valence-corrected chi connectivity index (χ2v) is 8.94. The molecule has 1 heterocycles. The van der Waals surface area contributed by atoms with Crippen LogP contribution in [-0.4, -0.2) is 17.5 Å². The Bertz CT molecular complexity index is 1010. The van der Waals surface area contributed by atoms with Crippen molar-refractivity contribution >= 4 is 96.3 Å². The van der Waals surface area contributed by atoms with E-state index in [0.717, 1.165) is 15.7 Å². The second kappa shape index (κ2) is 9.39. The van der Waals surface area contributed by atoms with Crippen LogP contribution in [0.4, 0.5) is 5.13 Å². The highest BCUT2D eigenvalue weighted by atomic mass is 79.9. The van der Waals surface area contributed by atoms with E-state index in [0.29, 0.717) is 5.13 Å². The van der Waals surface area contributed by atoms with Gasteiger partial charge < -0.3 is 4.74 Å². The van der Waals surface area contributed by atoms with Crippen LogP contribution in [0.5, 0.6) is 5.75 Å². The summed E-state index contributed by atoms with van der Waals surface area (Å²) in [5.74, 6) is -0.474. The lowest BCUT2D eigenvalue weighted by molar-refractivity contribution is -0.118. The third-order valence-corrected chi connectivity index (χ3v) is 6.94. The first-order chi connectivity index (χ1) is 13.3. The summed E-state index contributed by atoms with van der Waals surface area (Å²) >= 11 is 34.7. The lowest BCUT2D eigenvalue weighted by Gasteiger charge is -2.13. The molecule has 2 aromatic carbocycles. The summed E-state index contributed by atoms with van der Waals surface area (Å²) in [7, 11) is 0. The minimum atomic E-state index is -0.453. The van der Waals surface area contributed by atoms with Gasteiger partial charge in [0.2, 0.25) is 0 Å². The number of hydrogen-bond acceptors (Lipinski definition) is 4. The van der Waals surface area contributed by atoms with E-state index < -0.39 is 5.91 Å². The van der Waals surface area contributed by atoms with Gasteiger partial charge in [-0.25, -0.2) is 4.98 Å². The predicted octanol–water partition coefficient (Wildman–Crippen LogP) is 7.86. The molecule has 1 aromatic heterocycles. The van der Waals surface area contributed by atoms with Crippen LogP contribution in [0.25, 0.3) is 11.3 Å². The van der Waals surface area contributed by atoms with Crippen molar-refractivity contribution in [2.24, 2.45) is 0 Å². The van der Waals surface area contributed by atoms with Crippen LogP contribution in [0.3, 0.4) is 0 Å². The molecule has 0 fully saturated rings. The van der Waals surface area contributed by atoms with Gasteiger partial charge in [0.25, 0.3) is 5.91 Å². The zero-order valence-electron chi connectivity index (χ0n) is 13.5. The van der Waals surface area contributed by atoms with Gasteiger partial charge in [0.1, 0.15) is 10.0 Å². The molecule has 0 saturated heterocycles. The van der Waals surface area contributed by atoms with Crippen LogP contribution in [0, 0.1) is 0 Å². The largest absolute Gasteiger partial charge is 0.481 e. The number of carbonyl (C=O) groups is 1. The Morgan fingerprint density at radius 1 is 1.00 bits per heavy atom. The molecule has 0 saturated carbocycles. The Kier molecular flexibility index (Phi) is 7.37. The summed E-state index contributed by atoms with van der Waals surface area (Å²) in [6, 6.07) is 7.67. The number of rotatable bonds is 5. The first-order valence-corrected chi connectivity index (χ1v) is 11.0. The minimum absolute atomic E-state index is 0.00722. The number of benzene rings is 2. The van der Waals surface area contributed by atoms with Crippen molar-refractivity contribution < 1.29 is 9.53 Å². The molecule has 11 heteroatoms. The highest BCUT2D eigenvalue weighted by molar-refractivity contribution is 9.10. The third kappa shape index (κ3) is 4.87. The molecule has 4 nitrogen and oxygen atoms in total. The number of halogens is 6. The molecule has 0 unspecified atom stereocenters. The van der Waals surface area contributed by atoms with Crippen LogP contribution in [0.2, 0.25) is 25.1 Å². The van der Waals surface area contributed by atoms with E-state index in [4.69, 9.17) is 62.7 Å². The smallest absolute Gasteiger partial charge is 0.264 e. The molecule has 1 N–H and O–H groups in total. The molecule has 0 atom stereocenters. The minimum Gasteiger partial charge on any atom is -0.481 e. The van der Waals surface area contributed by atoms with E-state index in [2.05, 4.69) is 26.2 Å². The van der Waals surface area contributed by atoms with Crippen LogP contribution < -0.4 is 10.1 Å². The van der Waals surface area contributed by atoms with Gasteiger partial charge in [0.05, 0.1) is 20.8 Å². The Balaban J connectivity index is 1.67. The van der Waals surface area contributed by atoms with Gasteiger partial charge in [0.15, 0.2) is 17.5 Å². The molecule has 3 rings (SSSR count). The van der Waals surface area contributed by atoms with E-state index >= 15 is 0 Å². The molecular weight excluding hydrogens is 553 g/mol. The number of ether oxygens (including phenoxy) is 1. The number of nitrogens with zero attached hydrogens (tertiary/aromatic N) is 1. The molecule has 146 valence electrons. The average molecular weight is 561 g/mol. The number of thiazole rings is 1. The van der Waals surface area contributed by atoms with Gasteiger partial charge in [-0.1, -0.05) is 86.1 Å².